The highest BCUT2D eigenvalue weighted by atomic mass is 19.1. The molecule has 0 aliphatic carbocycles. The molecule has 0 fully saturated rings. The number of nitrogen functional groups attached to an aromatic ring is 1. The van der Waals surface area contributed by atoms with Gasteiger partial charge in [0, 0.05) is 44.9 Å². The predicted molar refractivity (Wildman–Crippen MR) is 372 cm³/mol. The Morgan fingerprint density at radius 3 is 1.15 bits per heavy atom. The number of pyridine rings is 3. The van der Waals surface area contributed by atoms with Gasteiger partial charge in [0.05, 0.1) is 68.4 Å². The molecule has 506 valence electrons. The number of amides is 4. The third-order valence-corrected chi connectivity index (χ3v) is 14.7. The number of halogens is 3. The van der Waals surface area contributed by atoms with E-state index in [1.807, 2.05) is 101 Å². The van der Waals surface area contributed by atoms with Gasteiger partial charge in [-0.2, -0.15) is 5.26 Å². The minimum absolute atomic E-state index is 0.0550. The molecule has 4 amide bonds. The highest BCUT2D eigenvalue weighted by Crippen LogP contribution is 2.40. The smallest absolute Gasteiger partial charge is 0.408 e. The second-order valence-electron chi connectivity index (χ2n) is 25.6. The molecule has 23 heteroatoms. The maximum absolute atomic E-state index is 14.3. The molecule has 8 N–H and O–H groups in total. The lowest BCUT2D eigenvalue weighted by molar-refractivity contribution is 0.0495. The fourth-order valence-electron chi connectivity index (χ4n) is 10.8. The lowest BCUT2D eigenvalue weighted by Gasteiger charge is -2.24. The van der Waals surface area contributed by atoms with Gasteiger partial charge in [-0.3, -0.25) is 9.59 Å². The summed E-state index contributed by atoms with van der Waals surface area (Å²) in [5.41, 5.74) is 11.3. The van der Waals surface area contributed by atoms with Crippen LogP contribution >= 0.6 is 0 Å². The van der Waals surface area contributed by atoms with Crippen LogP contribution in [-0.4, -0.2) is 83.3 Å². The summed E-state index contributed by atoms with van der Waals surface area (Å²) in [6.45, 7) is 23.3. The number of rotatable bonds is 15. The fraction of sp³-hybridized carbons (Fsp3) is 0.267. The van der Waals surface area contributed by atoms with Crippen molar-refractivity contribution in [3.63, 3.8) is 0 Å². The van der Waals surface area contributed by atoms with Gasteiger partial charge in [-0.25, -0.2) is 52.5 Å². The topological polar surface area (TPSA) is 298 Å². The van der Waals surface area contributed by atoms with Gasteiger partial charge < -0.3 is 46.9 Å². The first-order valence-corrected chi connectivity index (χ1v) is 31.5. The van der Waals surface area contributed by atoms with Crippen LogP contribution in [0.2, 0.25) is 0 Å². The molecule has 6 aromatic carbocycles. The van der Waals surface area contributed by atoms with E-state index in [1.165, 1.54) is 48.8 Å². The van der Waals surface area contributed by atoms with Crippen molar-refractivity contribution < 1.29 is 51.7 Å². The number of hydrogen-bond acceptors (Lipinski definition) is 15. The van der Waals surface area contributed by atoms with Crippen LogP contribution in [0.5, 0.6) is 0 Å². The summed E-state index contributed by atoms with van der Waals surface area (Å²) in [5, 5.41) is 35.1. The summed E-state index contributed by atoms with van der Waals surface area (Å²) in [6, 6.07) is 39.6. The second kappa shape index (κ2) is 30.9. The Hall–Kier alpha value is -11.5. The number of nitrogens with zero attached hydrogens (tertiary/aromatic N) is 6. The molecule has 0 bridgehead atoms. The lowest BCUT2D eigenvalue weighted by Crippen LogP contribution is -2.35. The molecular weight excluding hydrogens is 1250 g/mol. The molecule has 0 saturated carbocycles. The SMILES string of the molecule is CC(C)NC(=O)c1c(-c2ccccc2)c(C(C)NC(=O)OC(C)(C)C)nc2ccc(F)cc12.CC(C)NC(=O)c1c(-c2ccccc2)c(C(C)Nc2ncnc(N)c2C#N)nc2ccc(F)cc12.CC(NC(=O)OC(C)(C)C)c1nc2ccc(F)cc2c(C(=O)O)c1-c1ccccc1. The molecule has 10 rings (SSSR count). The number of fused-ring (bicyclic) bond motifs is 3. The predicted octanol–water partition coefficient (Wildman–Crippen LogP) is 15.7. The Morgan fingerprint density at radius 1 is 0.490 bits per heavy atom. The Kier molecular flexibility index (Phi) is 22.8. The number of aromatic carboxylic acids is 1. The van der Waals surface area contributed by atoms with E-state index in [0.29, 0.717) is 77.8 Å². The van der Waals surface area contributed by atoms with Crippen molar-refractivity contribution in [1.82, 2.24) is 46.2 Å². The largest absolute Gasteiger partial charge is 0.478 e. The number of nitrogens with two attached hydrogens (primary N) is 1. The van der Waals surface area contributed by atoms with Gasteiger partial charge in [-0.1, -0.05) is 91.0 Å². The maximum Gasteiger partial charge on any atom is 0.408 e. The first kappa shape index (κ1) is 72.3. The summed E-state index contributed by atoms with van der Waals surface area (Å²) in [7, 11) is 0. The van der Waals surface area contributed by atoms with Gasteiger partial charge in [-0.05, 0) is 161 Å². The lowest BCUT2D eigenvalue weighted by atomic mass is 9.91. The van der Waals surface area contributed by atoms with E-state index in [0.717, 1.165) is 17.2 Å². The van der Waals surface area contributed by atoms with Crippen LogP contribution in [-0.2, 0) is 9.47 Å². The molecule has 0 saturated heterocycles. The first-order chi connectivity index (χ1) is 46.3. The van der Waals surface area contributed by atoms with E-state index < -0.39 is 64.9 Å². The van der Waals surface area contributed by atoms with Gasteiger partial charge in [0.2, 0.25) is 0 Å². The second-order valence-corrected chi connectivity index (χ2v) is 25.6. The number of nitrogens with one attached hydrogen (secondary N) is 5. The molecule has 0 aliphatic heterocycles. The van der Waals surface area contributed by atoms with Gasteiger partial charge in [0.1, 0.15) is 58.2 Å². The van der Waals surface area contributed by atoms with Crippen molar-refractivity contribution in [3.8, 4) is 39.4 Å². The number of carboxylic acids is 1. The minimum atomic E-state index is -1.21. The fourth-order valence-corrected chi connectivity index (χ4v) is 10.8. The van der Waals surface area contributed by atoms with E-state index in [2.05, 4.69) is 41.5 Å². The molecule has 10 aromatic rings. The highest BCUT2D eigenvalue weighted by Gasteiger charge is 2.31. The van der Waals surface area contributed by atoms with Crippen LogP contribution in [0.1, 0.15) is 162 Å². The number of nitriles is 1. The molecule has 3 atom stereocenters. The Labute approximate surface area is 565 Å². The van der Waals surface area contributed by atoms with E-state index >= 15 is 0 Å². The van der Waals surface area contributed by atoms with Crippen LogP contribution in [0, 0.1) is 28.8 Å². The van der Waals surface area contributed by atoms with Crippen molar-refractivity contribution >= 4 is 74.3 Å². The van der Waals surface area contributed by atoms with E-state index in [9.17, 15) is 47.5 Å². The van der Waals surface area contributed by atoms with Gasteiger partial charge >= 0.3 is 18.2 Å². The number of aromatic nitrogens is 5. The van der Waals surface area contributed by atoms with Crippen LogP contribution < -0.4 is 32.3 Å². The number of alkyl carbamates (subject to hydrolysis) is 2. The standard InChI is InChI=1S/C26H24FN7O.C26H30FN3O3.C23H23FN2O4/c1-14(2)32-26(35)22-18-11-17(27)9-10-20(18)34-23(21(22)16-7-5-4-6-8-16)15(3)33-25-19(12-28)24(29)30-13-31-25;1-15(2)28-24(31)22-19-14-18(27)12-13-20(19)30-23(21(22)17-10-8-7-9-11-17)16(3)29-25(32)33-26(4,5)6;1-13(25-22(29)30-23(2,3)4)20-18(14-8-6-5-7-9-14)19(21(27)28)16-12-15(24)10-11-17(16)26-20/h4-11,13-15H,1-3H3,(H,32,35)(H3,29,30,31,33);7-16H,1-6H3,(H,28,31)(H,29,32);5-13H,1-4H3,(H,25,29)(H,27,28). The van der Waals surface area contributed by atoms with Crippen molar-refractivity contribution in [2.75, 3.05) is 11.1 Å². The summed E-state index contributed by atoms with van der Waals surface area (Å²) in [5.74, 6) is -3.07. The third kappa shape index (κ3) is 17.9. The number of benzene rings is 6. The van der Waals surface area contributed by atoms with Crippen molar-refractivity contribution in [3.05, 3.63) is 209 Å². The average molecular weight is 1330 g/mol. The van der Waals surface area contributed by atoms with Crippen molar-refractivity contribution in [2.24, 2.45) is 0 Å². The molecule has 20 nitrogen and oxygen atoms in total. The van der Waals surface area contributed by atoms with Gasteiger partial charge in [-0.15, -0.1) is 0 Å². The Morgan fingerprint density at radius 2 is 0.827 bits per heavy atom. The number of ether oxygens (including phenoxy) is 2. The zero-order valence-electron chi connectivity index (χ0n) is 56.5. The normalized spacial score (nSPS) is 12.2. The summed E-state index contributed by atoms with van der Waals surface area (Å²) >= 11 is 0. The Bertz CT molecular complexity index is 4660. The molecule has 4 heterocycles. The molecule has 0 aliphatic rings. The van der Waals surface area contributed by atoms with Crippen LogP contribution in [0.4, 0.5) is 34.4 Å². The average Bonchev–Trinajstić information content (AvgIpc) is 0.767. The molecule has 3 unspecified atom stereocenters. The number of carboxylic acid groups (broad SMARTS) is 1. The monoisotopic (exact) mass is 1330 g/mol. The molecule has 98 heavy (non-hydrogen) atoms. The summed E-state index contributed by atoms with van der Waals surface area (Å²) < 4.78 is 53.2. The number of carbonyl (C=O) groups excluding carboxylic acids is 4. The van der Waals surface area contributed by atoms with E-state index in [-0.39, 0.29) is 52.0 Å². The number of hydrogen-bond donors (Lipinski definition) is 7. The van der Waals surface area contributed by atoms with E-state index in [1.54, 1.807) is 91.8 Å². The molecule has 4 aromatic heterocycles. The van der Waals surface area contributed by atoms with Crippen LogP contribution in [0.3, 0.4) is 0 Å². The van der Waals surface area contributed by atoms with Crippen molar-refractivity contribution in [2.45, 2.75) is 131 Å². The Balaban J connectivity index is 0.000000188. The minimum Gasteiger partial charge on any atom is -0.478 e. The van der Waals surface area contributed by atoms with Crippen LogP contribution in [0.15, 0.2) is 152 Å². The molecular formula is C75H77F3N12O8. The highest BCUT2D eigenvalue weighted by molar-refractivity contribution is 6.14. The van der Waals surface area contributed by atoms with Crippen molar-refractivity contribution in [1.29, 1.82) is 5.26 Å². The maximum atomic E-state index is 14.3. The van der Waals surface area contributed by atoms with Crippen LogP contribution in [0.25, 0.3) is 66.1 Å². The first-order valence-electron chi connectivity index (χ1n) is 31.5. The molecule has 0 spiro atoms. The van der Waals surface area contributed by atoms with Gasteiger partial charge in [0.15, 0.2) is 0 Å². The zero-order chi connectivity index (χ0) is 71.5. The van der Waals surface area contributed by atoms with E-state index in [4.69, 9.17) is 25.2 Å². The van der Waals surface area contributed by atoms with Gasteiger partial charge in [0.25, 0.3) is 11.8 Å². The summed E-state index contributed by atoms with van der Waals surface area (Å²) in [4.78, 5) is 86.1. The molecule has 0 radical (unpaired) electrons. The third-order valence-electron chi connectivity index (χ3n) is 14.7. The summed E-state index contributed by atoms with van der Waals surface area (Å²) in [6.07, 6.45) is 0.0247. The number of carbonyl (C=O) groups is 5. The quantitative estimate of drug-likeness (QED) is 0.0502. The zero-order valence-corrected chi connectivity index (χ0v) is 56.5. The number of anilines is 2.